The Labute approximate surface area is 252 Å². The summed E-state index contributed by atoms with van der Waals surface area (Å²) in [6.45, 7) is 6.71. The number of carbonyl (C=O) groups excluding carboxylic acids is 2. The van der Waals surface area contributed by atoms with Gasteiger partial charge < -0.3 is 14.9 Å². The van der Waals surface area contributed by atoms with Gasteiger partial charge in [0.2, 0.25) is 5.91 Å². The van der Waals surface area contributed by atoms with Crippen LogP contribution in [0.5, 0.6) is 0 Å². The highest BCUT2D eigenvalue weighted by Gasteiger charge is 2.42. The quantitative estimate of drug-likeness (QED) is 0.236. The third kappa shape index (κ3) is 8.36. The van der Waals surface area contributed by atoms with Gasteiger partial charge in [0.05, 0.1) is 11.5 Å². The first-order valence-electron chi connectivity index (χ1n) is 15.4. The third-order valence-corrected chi connectivity index (χ3v) is 8.84. The minimum atomic E-state index is -4.73. The average Bonchev–Trinajstić information content (AvgIpc) is 3.00. The lowest BCUT2D eigenvalue weighted by Crippen LogP contribution is -2.53. The fraction of sp³-hybridized carbons (Fsp3) is 0.576. The fourth-order valence-electron chi connectivity index (χ4n) is 6.55. The van der Waals surface area contributed by atoms with Crippen LogP contribution in [0.2, 0.25) is 0 Å². The predicted molar refractivity (Wildman–Crippen MR) is 158 cm³/mol. The summed E-state index contributed by atoms with van der Waals surface area (Å²) >= 11 is 0. The number of pyridine rings is 1. The molecule has 7 nitrogen and oxygen atoms in total. The van der Waals surface area contributed by atoms with E-state index in [1.807, 2.05) is 36.9 Å². The van der Waals surface area contributed by atoms with Crippen LogP contribution in [0.1, 0.15) is 100 Å². The summed E-state index contributed by atoms with van der Waals surface area (Å²) in [7, 11) is 0. The molecule has 236 valence electrons. The van der Waals surface area contributed by atoms with E-state index in [0.29, 0.717) is 38.8 Å². The summed E-state index contributed by atoms with van der Waals surface area (Å²) in [6, 6.07) is 11.6. The molecule has 2 aromatic rings. The van der Waals surface area contributed by atoms with Crippen LogP contribution in [0.25, 0.3) is 0 Å². The molecule has 1 aromatic carbocycles. The zero-order valence-electron chi connectivity index (χ0n) is 25.4. The Bertz CT molecular complexity index is 1210. The first-order valence-corrected chi connectivity index (χ1v) is 15.4. The van der Waals surface area contributed by atoms with E-state index in [2.05, 4.69) is 17.1 Å². The van der Waals surface area contributed by atoms with E-state index in [1.165, 1.54) is 16.7 Å². The number of unbranched alkanes of at least 4 members (excludes halogenated alkanes) is 1. The highest BCUT2D eigenvalue weighted by Crippen LogP contribution is 2.41. The number of rotatable bonds is 14. The van der Waals surface area contributed by atoms with Crippen LogP contribution in [-0.4, -0.2) is 63.4 Å². The Morgan fingerprint density at radius 3 is 2.26 bits per heavy atom. The number of nitrogens with zero attached hydrogens (tertiary/aromatic N) is 3. The molecule has 2 heterocycles. The maximum absolute atomic E-state index is 14.1. The topological polar surface area (TPSA) is 90.8 Å². The van der Waals surface area contributed by atoms with Crippen LogP contribution in [0, 0.1) is 5.92 Å². The number of benzene rings is 1. The van der Waals surface area contributed by atoms with Crippen molar-refractivity contribution in [2.75, 3.05) is 19.6 Å². The number of piperidine rings is 1. The maximum atomic E-state index is 14.1. The summed E-state index contributed by atoms with van der Waals surface area (Å²) in [4.78, 5) is 45.8. The van der Waals surface area contributed by atoms with Gasteiger partial charge in [0.1, 0.15) is 5.69 Å². The number of aromatic nitrogens is 1. The molecule has 1 aromatic heterocycles. The van der Waals surface area contributed by atoms with Crippen molar-refractivity contribution >= 4 is 17.8 Å². The minimum absolute atomic E-state index is 0.0863. The molecule has 0 spiro atoms. The molecule has 0 radical (unpaired) electrons. The number of carbonyl (C=O) groups is 3. The van der Waals surface area contributed by atoms with Crippen LogP contribution >= 0.6 is 0 Å². The summed E-state index contributed by atoms with van der Waals surface area (Å²) in [5.41, 5.74) is -0.704. The maximum Gasteiger partial charge on any atom is 0.418 e. The molecule has 0 bridgehead atoms. The molecule has 2 unspecified atom stereocenters. The molecular formula is C33H44F3N3O4. The molecule has 0 saturated carbocycles. The lowest BCUT2D eigenvalue weighted by molar-refractivity contribution is -0.140. The van der Waals surface area contributed by atoms with E-state index in [9.17, 15) is 27.6 Å². The van der Waals surface area contributed by atoms with E-state index >= 15 is 0 Å². The molecule has 1 fully saturated rings. The SMILES string of the molecule is CCCC(C(CC)C(=O)N1CCC(CCCCC(=O)O)(c2ccccc2)CC1)N(CC)C(=O)c1ncccc1C(F)(F)F. The Morgan fingerprint density at radius 2 is 1.70 bits per heavy atom. The standard InChI is InChI=1S/C33H44F3N3O4/c1-4-13-27(39(6-3)31(43)29-26(33(34,35)36)16-12-21-37-29)25(5-2)30(42)38-22-19-32(20-23-38,18-11-10-17-28(40)41)24-14-8-7-9-15-24/h7-9,12,14-16,21,25,27H,4-6,10-11,13,17-20,22-23H2,1-3H3,(H,40,41). The monoisotopic (exact) mass is 603 g/mol. The molecule has 1 N–H and O–H groups in total. The molecule has 43 heavy (non-hydrogen) atoms. The fourth-order valence-corrected chi connectivity index (χ4v) is 6.55. The summed E-state index contributed by atoms with van der Waals surface area (Å²) < 4.78 is 41.2. The summed E-state index contributed by atoms with van der Waals surface area (Å²) in [6.07, 6.45) is 1.79. The first kappa shape index (κ1) is 34.1. The average molecular weight is 604 g/mol. The number of hydrogen-bond donors (Lipinski definition) is 1. The van der Waals surface area contributed by atoms with Crippen LogP contribution in [0.15, 0.2) is 48.7 Å². The van der Waals surface area contributed by atoms with E-state index in [1.54, 1.807) is 6.92 Å². The van der Waals surface area contributed by atoms with Gasteiger partial charge in [0.15, 0.2) is 0 Å². The molecule has 1 aliphatic rings. The highest BCUT2D eigenvalue weighted by molar-refractivity contribution is 5.94. The lowest BCUT2D eigenvalue weighted by Gasteiger charge is -2.45. The molecule has 0 aliphatic carbocycles. The van der Waals surface area contributed by atoms with Gasteiger partial charge in [-0.25, -0.2) is 0 Å². The largest absolute Gasteiger partial charge is 0.481 e. The van der Waals surface area contributed by atoms with Crippen LogP contribution in [0.4, 0.5) is 13.2 Å². The predicted octanol–water partition coefficient (Wildman–Crippen LogP) is 6.96. The van der Waals surface area contributed by atoms with Gasteiger partial charge in [-0.1, -0.05) is 57.0 Å². The van der Waals surface area contributed by atoms with Gasteiger partial charge in [0.25, 0.3) is 5.91 Å². The molecule has 1 aliphatic heterocycles. The minimum Gasteiger partial charge on any atom is -0.481 e. The number of carboxylic acids is 1. The van der Waals surface area contributed by atoms with Crippen molar-refractivity contribution in [3.63, 3.8) is 0 Å². The van der Waals surface area contributed by atoms with E-state index in [4.69, 9.17) is 5.11 Å². The summed E-state index contributed by atoms with van der Waals surface area (Å²) in [5, 5.41) is 9.07. The Hall–Kier alpha value is -3.43. The van der Waals surface area contributed by atoms with Crippen molar-refractivity contribution in [2.45, 2.75) is 96.2 Å². The molecule has 10 heteroatoms. The van der Waals surface area contributed by atoms with Crippen LogP contribution in [0.3, 0.4) is 0 Å². The van der Waals surface area contributed by atoms with Gasteiger partial charge in [-0.15, -0.1) is 0 Å². The second-order valence-corrected chi connectivity index (χ2v) is 11.4. The molecule has 2 atom stereocenters. The van der Waals surface area contributed by atoms with E-state index in [-0.39, 0.29) is 24.3 Å². The molecular weight excluding hydrogens is 559 g/mol. The number of alkyl halides is 3. The van der Waals surface area contributed by atoms with Crippen LogP contribution < -0.4 is 0 Å². The van der Waals surface area contributed by atoms with Crippen molar-refractivity contribution in [3.8, 4) is 0 Å². The van der Waals surface area contributed by atoms with E-state index < -0.39 is 41.3 Å². The number of likely N-dealkylation sites (tertiary alicyclic amines) is 1. The normalized spacial score (nSPS) is 16.4. The number of amides is 2. The zero-order chi connectivity index (χ0) is 31.6. The van der Waals surface area contributed by atoms with Gasteiger partial charge in [0, 0.05) is 38.3 Å². The molecule has 3 rings (SSSR count). The lowest BCUT2D eigenvalue weighted by atomic mass is 9.69. The number of aliphatic carboxylic acids is 1. The Kier molecular flexibility index (Phi) is 12.2. The van der Waals surface area contributed by atoms with Gasteiger partial charge in [-0.05, 0) is 68.6 Å². The van der Waals surface area contributed by atoms with Crippen molar-refractivity contribution in [2.24, 2.45) is 5.92 Å². The van der Waals surface area contributed by atoms with Crippen molar-refractivity contribution in [1.29, 1.82) is 0 Å². The molecule has 1 saturated heterocycles. The van der Waals surface area contributed by atoms with Crippen molar-refractivity contribution in [3.05, 3.63) is 65.5 Å². The van der Waals surface area contributed by atoms with Crippen molar-refractivity contribution < 1.29 is 32.7 Å². The zero-order valence-corrected chi connectivity index (χ0v) is 25.4. The van der Waals surface area contributed by atoms with Gasteiger partial charge in [-0.2, -0.15) is 13.2 Å². The second kappa shape index (κ2) is 15.3. The van der Waals surface area contributed by atoms with Gasteiger partial charge >= 0.3 is 12.1 Å². The van der Waals surface area contributed by atoms with E-state index in [0.717, 1.165) is 37.8 Å². The Balaban J connectivity index is 1.82. The third-order valence-electron chi connectivity index (χ3n) is 8.84. The molecule has 2 amide bonds. The van der Waals surface area contributed by atoms with Crippen LogP contribution in [-0.2, 0) is 21.2 Å². The van der Waals surface area contributed by atoms with Crippen molar-refractivity contribution in [1.82, 2.24) is 14.8 Å². The number of halogens is 3. The summed E-state index contributed by atoms with van der Waals surface area (Å²) in [5.74, 6) is -2.28. The Morgan fingerprint density at radius 1 is 1.02 bits per heavy atom. The first-order chi connectivity index (χ1) is 20.5. The smallest absolute Gasteiger partial charge is 0.418 e. The second-order valence-electron chi connectivity index (χ2n) is 11.4. The highest BCUT2D eigenvalue weighted by atomic mass is 19.4. The number of hydrogen-bond acceptors (Lipinski definition) is 4. The number of carboxylic acid groups (broad SMARTS) is 1. The van der Waals surface area contributed by atoms with Gasteiger partial charge in [-0.3, -0.25) is 19.4 Å².